The zero-order valence-corrected chi connectivity index (χ0v) is 13.1. The Morgan fingerprint density at radius 3 is 2.52 bits per heavy atom. The summed E-state index contributed by atoms with van der Waals surface area (Å²) in [5.41, 5.74) is 6.14. The second kappa shape index (κ2) is 7.37. The molecule has 9 heteroatoms. The molecule has 1 rings (SSSR count). The van der Waals surface area contributed by atoms with Crippen LogP contribution in [0, 0.1) is 0 Å². The lowest BCUT2D eigenvalue weighted by Crippen LogP contribution is -2.40. The van der Waals surface area contributed by atoms with E-state index in [4.69, 9.17) is 5.73 Å². The molecule has 1 aromatic carbocycles. The van der Waals surface area contributed by atoms with Gasteiger partial charge in [0.15, 0.2) is 0 Å². The minimum atomic E-state index is -4.54. The van der Waals surface area contributed by atoms with Crippen LogP contribution in [0.2, 0.25) is 0 Å². The highest BCUT2D eigenvalue weighted by Crippen LogP contribution is 2.22. The van der Waals surface area contributed by atoms with Crippen molar-refractivity contribution in [1.29, 1.82) is 0 Å². The number of halogens is 3. The third kappa shape index (κ3) is 6.58. The third-order valence-electron chi connectivity index (χ3n) is 2.57. The van der Waals surface area contributed by atoms with Crippen LogP contribution < -0.4 is 5.73 Å². The van der Waals surface area contributed by atoms with Gasteiger partial charge in [-0.1, -0.05) is 13.0 Å². The van der Waals surface area contributed by atoms with E-state index >= 15 is 0 Å². The lowest BCUT2D eigenvalue weighted by molar-refractivity contribution is -0.135. The van der Waals surface area contributed by atoms with Gasteiger partial charge in [0.25, 0.3) is 0 Å². The van der Waals surface area contributed by atoms with Crippen molar-refractivity contribution >= 4 is 27.5 Å². The van der Waals surface area contributed by atoms with Gasteiger partial charge in [-0.3, -0.25) is 0 Å². The van der Waals surface area contributed by atoms with E-state index in [1.807, 2.05) is 0 Å². The van der Waals surface area contributed by atoms with Crippen LogP contribution in [-0.2, 0) is 10.0 Å². The van der Waals surface area contributed by atoms with Crippen molar-refractivity contribution in [3.63, 3.8) is 0 Å². The highest BCUT2D eigenvalue weighted by atomic mass is 32.2. The zero-order valence-electron chi connectivity index (χ0n) is 11.4. The fourth-order valence-electron chi connectivity index (χ4n) is 1.61. The summed E-state index contributed by atoms with van der Waals surface area (Å²) in [5, 5.41) is 0. The van der Waals surface area contributed by atoms with Crippen LogP contribution in [0.5, 0.6) is 0 Å². The molecule has 0 saturated carbocycles. The lowest BCUT2D eigenvalue weighted by Gasteiger charge is -2.21. The molecule has 0 fully saturated rings. The number of nitrogen functional groups attached to an aromatic ring is 1. The van der Waals surface area contributed by atoms with E-state index in [9.17, 15) is 21.6 Å². The fourth-order valence-corrected chi connectivity index (χ4v) is 4.41. The molecule has 0 aliphatic carbocycles. The van der Waals surface area contributed by atoms with E-state index in [2.05, 4.69) is 0 Å². The van der Waals surface area contributed by atoms with E-state index in [-0.39, 0.29) is 18.1 Å². The van der Waals surface area contributed by atoms with Gasteiger partial charge in [-0.25, -0.2) is 8.42 Å². The van der Waals surface area contributed by atoms with Crippen LogP contribution in [0.1, 0.15) is 6.92 Å². The molecule has 2 N–H and O–H groups in total. The molecule has 4 nitrogen and oxygen atoms in total. The number of rotatable bonds is 7. The molecule has 0 bridgehead atoms. The lowest BCUT2D eigenvalue weighted by atomic mass is 10.3. The highest BCUT2D eigenvalue weighted by molar-refractivity contribution is 8.00. The maximum atomic E-state index is 12.3. The summed E-state index contributed by atoms with van der Waals surface area (Å²) in [6.45, 7) is -0.270. The normalized spacial score (nSPS) is 12.8. The first-order valence-corrected chi connectivity index (χ1v) is 8.76. The minimum Gasteiger partial charge on any atom is -0.399 e. The molecular weight excluding hydrogens is 325 g/mol. The Morgan fingerprint density at radius 1 is 1.33 bits per heavy atom. The van der Waals surface area contributed by atoms with Gasteiger partial charge < -0.3 is 5.73 Å². The first-order valence-electron chi connectivity index (χ1n) is 6.17. The molecular formula is C12H17F3N2O2S2. The number of benzene rings is 1. The quantitative estimate of drug-likeness (QED) is 0.611. The van der Waals surface area contributed by atoms with Crippen LogP contribution in [0.25, 0.3) is 0 Å². The zero-order chi connectivity index (χ0) is 16.1. The molecule has 0 spiro atoms. The predicted molar refractivity (Wildman–Crippen MR) is 78.7 cm³/mol. The van der Waals surface area contributed by atoms with Crippen LogP contribution in [0.3, 0.4) is 0 Å². The van der Waals surface area contributed by atoms with Crippen LogP contribution in [-0.4, -0.2) is 43.5 Å². The van der Waals surface area contributed by atoms with Gasteiger partial charge in [-0.2, -0.15) is 17.5 Å². The summed E-state index contributed by atoms with van der Waals surface area (Å²) in [6.07, 6.45) is -4.54. The first-order chi connectivity index (χ1) is 9.64. The predicted octanol–water partition coefficient (Wildman–Crippen LogP) is 2.57. The maximum Gasteiger partial charge on any atom is 0.402 e. The third-order valence-corrected chi connectivity index (χ3v) is 5.72. The molecule has 0 radical (unpaired) electrons. The Balaban J connectivity index is 2.59. The smallest absolute Gasteiger partial charge is 0.399 e. The monoisotopic (exact) mass is 342 g/mol. The SMILES string of the molecule is CCN(CC(F)(F)F)S(=O)(=O)CCSc1cccc(N)c1. The fraction of sp³-hybridized carbons (Fsp3) is 0.500. The molecule has 21 heavy (non-hydrogen) atoms. The van der Waals surface area contributed by atoms with Gasteiger partial charge in [-0.15, -0.1) is 11.8 Å². The summed E-state index contributed by atoms with van der Waals surface area (Å²) in [6, 6.07) is 6.88. The number of nitrogens with zero attached hydrogens (tertiary/aromatic N) is 1. The highest BCUT2D eigenvalue weighted by Gasteiger charge is 2.35. The van der Waals surface area contributed by atoms with Crippen molar-refractivity contribution < 1.29 is 21.6 Å². The Hall–Kier alpha value is -0.930. The van der Waals surface area contributed by atoms with E-state index < -0.39 is 22.7 Å². The van der Waals surface area contributed by atoms with Crippen molar-refractivity contribution in [2.45, 2.75) is 18.0 Å². The second-order valence-electron chi connectivity index (χ2n) is 4.28. The maximum absolute atomic E-state index is 12.3. The minimum absolute atomic E-state index is 0.167. The molecule has 0 unspecified atom stereocenters. The standard InChI is InChI=1S/C12H17F3N2O2S2/c1-2-17(9-12(13,14)15)21(18,19)7-6-20-11-5-3-4-10(16)8-11/h3-5,8H,2,6-7,9,16H2,1H3. The molecule has 0 atom stereocenters. The Bertz CT molecular complexity index is 562. The first kappa shape index (κ1) is 18.1. The Labute approximate surface area is 126 Å². The summed E-state index contributed by atoms with van der Waals surface area (Å²) in [7, 11) is -3.92. The molecule has 0 aromatic heterocycles. The van der Waals surface area contributed by atoms with E-state index in [1.54, 1.807) is 24.3 Å². The van der Waals surface area contributed by atoms with Gasteiger partial charge in [-0.05, 0) is 18.2 Å². The summed E-state index contributed by atoms with van der Waals surface area (Å²) < 4.78 is 61.2. The van der Waals surface area contributed by atoms with Crippen LogP contribution >= 0.6 is 11.8 Å². The number of anilines is 1. The second-order valence-corrected chi connectivity index (χ2v) is 7.54. The number of sulfonamides is 1. The van der Waals surface area contributed by atoms with Gasteiger partial charge >= 0.3 is 6.18 Å². The van der Waals surface area contributed by atoms with Crippen molar-refractivity contribution in [1.82, 2.24) is 4.31 Å². The van der Waals surface area contributed by atoms with Crippen molar-refractivity contribution in [3.05, 3.63) is 24.3 Å². The topological polar surface area (TPSA) is 63.4 Å². The molecule has 120 valence electrons. The van der Waals surface area contributed by atoms with Gasteiger partial charge in [0, 0.05) is 22.9 Å². The van der Waals surface area contributed by atoms with Crippen molar-refractivity contribution in [3.8, 4) is 0 Å². The summed E-state index contributed by atoms with van der Waals surface area (Å²) in [5.74, 6) is -0.184. The van der Waals surface area contributed by atoms with Gasteiger partial charge in [0.2, 0.25) is 10.0 Å². The Kier molecular flexibility index (Phi) is 6.36. The Morgan fingerprint density at radius 2 is 2.00 bits per heavy atom. The van der Waals surface area contributed by atoms with E-state index in [0.29, 0.717) is 9.99 Å². The summed E-state index contributed by atoms with van der Waals surface area (Å²) >= 11 is 1.24. The molecule has 0 amide bonds. The molecule has 0 saturated heterocycles. The van der Waals surface area contributed by atoms with E-state index in [1.165, 1.54) is 18.7 Å². The largest absolute Gasteiger partial charge is 0.402 e. The molecule has 0 aliphatic heterocycles. The van der Waals surface area contributed by atoms with E-state index in [0.717, 1.165) is 4.90 Å². The molecule has 1 aromatic rings. The number of nitrogens with two attached hydrogens (primary N) is 1. The molecule has 0 heterocycles. The number of thioether (sulfide) groups is 1. The summed E-state index contributed by atoms with van der Waals surface area (Å²) in [4.78, 5) is 0.782. The number of alkyl halides is 3. The van der Waals surface area contributed by atoms with Crippen LogP contribution in [0.15, 0.2) is 29.2 Å². The van der Waals surface area contributed by atoms with Crippen molar-refractivity contribution in [2.24, 2.45) is 0 Å². The van der Waals surface area contributed by atoms with Gasteiger partial charge in [0.05, 0.1) is 5.75 Å². The number of hydrogen-bond acceptors (Lipinski definition) is 4. The molecule has 0 aliphatic rings. The average molecular weight is 342 g/mol. The number of hydrogen-bond donors (Lipinski definition) is 1. The average Bonchev–Trinajstić information content (AvgIpc) is 2.34. The van der Waals surface area contributed by atoms with Crippen molar-refractivity contribution in [2.75, 3.05) is 30.3 Å². The van der Waals surface area contributed by atoms with Crippen LogP contribution in [0.4, 0.5) is 18.9 Å². The van der Waals surface area contributed by atoms with Gasteiger partial charge in [0.1, 0.15) is 6.54 Å².